The molecule has 1 N–H and O–H groups in total. The quantitative estimate of drug-likeness (QED) is 0.114. The van der Waals surface area contributed by atoms with Crippen LogP contribution in [0.2, 0.25) is 0 Å². The van der Waals surface area contributed by atoms with Crippen molar-refractivity contribution in [2.45, 2.75) is 116 Å². The lowest BCUT2D eigenvalue weighted by atomic mass is 10.0. The molecule has 0 fully saturated rings. The SMILES string of the molecule is CCCCCCCCCCCCCCCCC=CC(CC(=O)OCc1ccccc1)C(=O)O. The number of hydrogen-bond donors (Lipinski definition) is 1. The minimum Gasteiger partial charge on any atom is -0.481 e. The molecule has 0 radical (unpaired) electrons. The summed E-state index contributed by atoms with van der Waals surface area (Å²) in [6.45, 7) is 2.44. The topological polar surface area (TPSA) is 63.6 Å². The van der Waals surface area contributed by atoms with Crippen molar-refractivity contribution in [3.8, 4) is 0 Å². The molecule has 0 aliphatic carbocycles. The summed E-state index contributed by atoms with van der Waals surface area (Å²) in [6.07, 6.45) is 22.9. The summed E-state index contributed by atoms with van der Waals surface area (Å²) >= 11 is 0. The Hall–Kier alpha value is -2.10. The van der Waals surface area contributed by atoms with Crippen molar-refractivity contribution < 1.29 is 19.4 Å². The summed E-state index contributed by atoms with van der Waals surface area (Å²) in [7, 11) is 0. The van der Waals surface area contributed by atoms with Crippen molar-refractivity contribution in [2.24, 2.45) is 5.92 Å². The van der Waals surface area contributed by atoms with E-state index in [4.69, 9.17) is 4.74 Å². The fourth-order valence-electron chi connectivity index (χ4n) is 3.93. The summed E-state index contributed by atoms with van der Waals surface area (Å²) < 4.78 is 5.21. The van der Waals surface area contributed by atoms with Crippen LogP contribution in [0.5, 0.6) is 0 Å². The lowest BCUT2D eigenvalue weighted by Gasteiger charge is -2.08. The van der Waals surface area contributed by atoms with Crippen LogP contribution in [0.4, 0.5) is 0 Å². The first-order valence-corrected chi connectivity index (χ1v) is 13.2. The first kappa shape index (κ1) is 28.9. The maximum absolute atomic E-state index is 12.0. The zero-order valence-corrected chi connectivity index (χ0v) is 20.8. The number of carboxylic acid groups (broad SMARTS) is 1. The van der Waals surface area contributed by atoms with Crippen molar-refractivity contribution in [1.82, 2.24) is 0 Å². The Morgan fingerprint density at radius 3 is 1.85 bits per heavy atom. The lowest BCUT2D eigenvalue weighted by Crippen LogP contribution is -2.17. The van der Waals surface area contributed by atoms with E-state index in [1.807, 2.05) is 36.4 Å². The van der Waals surface area contributed by atoms with Crippen LogP contribution >= 0.6 is 0 Å². The molecule has 0 bridgehead atoms. The Morgan fingerprint density at radius 2 is 1.33 bits per heavy atom. The summed E-state index contributed by atoms with van der Waals surface area (Å²) in [5.41, 5.74) is 0.895. The minimum atomic E-state index is -0.983. The molecule has 0 amide bonds. The van der Waals surface area contributed by atoms with E-state index in [2.05, 4.69) is 6.92 Å². The first-order chi connectivity index (χ1) is 16.1. The van der Waals surface area contributed by atoms with Crippen LogP contribution in [0.1, 0.15) is 115 Å². The number of carboxylic acids is 1. The van der Waals surface area contributed by atoms with Crippen molar-refractivity contribution >= 4 is 11.9 Å². The van der Waals surface area contributed by atoms with Gasteiger partial charge in [-0.3, -0.25) is 9.59 Å². The normalized spacial score (nSPS) is 12.2. The number of carbonyl (C=O) groups excluding carboxylic acids is 1. The number of hydrogen-bond acceptors (Lipinski definition) is 3. The van der Waals surface area contributed by atoms with Crippen LogP contribution in [-0.4, -0.2) is 17.0 Å². The van der Waals surface area contributed by atoms with Gasteiger partial charge in [-0.25, -0.2) is 0 Å². The highest BCUT2D eigenvalue weighted by Crippen LogP contribution is 2.14. The molecule has 4 heteroatoms. The minimum absolute atomic E-state index is 0.128. The van der Waals surface area contributed by atoms with Crippen LogP contribution in [0.3, 0.4) is 0 Å². The second-order valence-corrected chi connectivity index (χ2v) is 9.11. The highest BCUT2D eigenvalue weighted by atomic mass is 16.5. The van der Waals surface area contributed by atoms with Gasteiger partial charge < -0.3 is 9.84 Å². The predicted molar refractivity (Wildman–Crippen MR) is 136 cm³/mol. The third-order valence-electron chi connectivity index (χ3n) is 6.04. The monoisotopic (exact) mass is 458 g/mol. The van der Waals surface area contributed by atoms with E-state index in [1.54, 1.807) is 6.08 Å². The second kappa shape index (κ2) is 20.5. The van der Waals surface area contributed by atoms with E-state index < -0.39 is 17.9 Å². The number of benzene rings is 1. The Balaban J connectivity index is 2.01. The second-order valence-electron chi connectivity index (χ2n) is 9.11. The molecule has 0 spiro atoms. The molecule has 1 unspecified atom stereocenters. The van der Waals surface area contributed by atoms with Crippen LogP contribution < -0.4 is 0 Å². The largest absolute Gasteiger partial charge is 0.481 e. The summed E-state index contributed by atoms with van der Waals surface area (Å²) in [4.78, 5) is 23.4. The number of aliphatic carboxylic acids is 1. The van der Waals surface area contributed by atoms with Gasteiger partial charge in [0.15, 0.2) is 0 Å². The van der Waals surface area contributed by atoms with E-state index in [0.29, 0.717) is 0 Å². The molecule has 186 valence electrons. The van der Waals surface area contributed by atoms with Gasteiger partial charge in [-0.2, -0.15) is 0 Å². The van der Waals surface area contributed by atoms with E-state index >= 15 is 0 Å². The molecule has 1 aromatic carbocycles. The zero-order chi connectivity index (χ0) is 24.0. The van der Waals surface area contributed by atoms with Crippen LogP contribution in [0.15, 0.2) is 42.5 Å². The van der Waals surface area contributed by atoms with Crippen molar-refractivity contribution in [1.29, 1.82) is 0 Å². The Bertz CT molecular complexity index is 638. The van der Waals surface area contributed by atoms with Gasteiger partial charge in [0.05, 0.1) is 12.3 Å². The Labute approximate surface area is 201 Å². The number of allylic oxidation sites excluding steroid dienone is 1. The molecule has 0 saturated heterocycles. The molecule has 33 heavy (non-hydrogen) atoms. The smallest absolute Gasteiger partial charge is 0.310 e. The highest BCUT2D eigenvalue weighted by molar-refractivity contribution is 5.80. The van der Waals surface area contributed by atoms with Gasteiger partial charge in [0.1, 0.15) is 6.61 Å². The Kier molecular flexibility index (Phi) is 18.0. The van der Waals surface area contributed by atoms with Crippen molar-refractivity contribution in [3.05, 3.63) is 48.0 Å². The molecular formula is C29H46O4. The third kappa shape index (κ3) is 17.1. The molecule has 1 atom stereocenters. The zero-order valence-electron chi connectivity index (χ0n) is 20.8. The summed E-state index contributed by atoms with van der Waals surface area (Å²) in [5, 5.41) is 9.37. The van der Waals surface area contributed by atoms with Crippen LogP contribution in [-0.2, 0) is 20.9 Å². The van der Waals surface area contributed by atoms with Crippen LogP contribution in [0.25, 0.3) is 0 Å². The molecule has 1 rings (SSSR count). The summed E-state index contributed by atoms with van der Waals surface area (Å²) in [5.74, 6) is -2.28. The lowest BCUT2D eigenvalue weighted by molar-refractivity contribution is -0.151. The maximum atomic E-state index is 12.0. The number of rotatable bonds is 21. The molecule has 0 aliphatic heterocycles. The number of unbranched alkanes of at least 4 members (excludes halogenated alkanes) is 14. The molecule has 0 heterocycles. The van der Waals surface area contributed by atoms with Crippen molar-refractivity contribution in [2.75, 3.05) is 0 Å². The highest BCUT2D eigenvalue weighted by Gasteiger charge is 2.19. The third-order valence-corrected chi connectivity index (χ3v) is 6.04. The fourth-order valence-corrected chi connectivity index (χ4v) is 3.93. The van der Waals surface area contributed by atoms with Crippen LogP contribution in [0, 0.1) is 5.92 Å². The van der Waals surface area contributed by atoms with E-state index in [1.165, 1.54) is 83.5 Å². The molecule has 4 nitrogen and oxygen atoms in total. The maximum Gasteiger partial charge on any atom is 0.310 e. The van der Waals surface area contributed by atoms with Gasteiger partial charge in [0.25, 0.3) is 0 Å². The van der Waals surface area contributed by atoms with Crippen molar-refractivity contribution in [3.63, 3.8) is 0 Å². The van der Waals surface area contributed by atoms with E-state index in [-0.39, 0.29) is 13.0 Å². The van der Waals surface area contributed by atoms with Gasteiger partial charge in [-0.15, -0.1) is 0 Å². The standard InChI is InChI=1S/C29H46O4/c1-2-3-4-5-6-7-8-9-10-11-12-13-14-15-16-20-23-27(29(31)32)24-28(30)33-25-26-21-18-17-19-22-26/h17-23,27H,2-16,24-25H2,1H3,(H,31,32). The number of carbonyl (C=O) groups is 2. The molecule has 1 aromatic rings. The Morgan fingerprint density at radius 1 is 0.818 bits per heavy atom. The molecule has 0 saturated carbocycles. The number of esters is 1. The van der Waals surface area contributed by atoms with E-state index in [9.17, 15) is 14.7 Å². The fraction of sp³-hybridized carbons (Fsp3) is 0.655. The van der Waals surface area contributed by atoms with Gasteiger partial charge >= 0.3 is 11.9 Å². The van der Waals surface area contributed by atoms with Gasteiger partial charge in [-0.1, -0.05) is 133 Å². The van der Waals surface area contributed by atoms with Gasteiger partial charge in [0, 0.05) is 0 Å². The van der Waals surface area contributed by atoms with E-state index in [0.717, 1.165) is 18.4 Å². The molecule has 0 aliphatic rings. The summed E-state index contributed by atoms with van der Waals surface area (Å²) in [6, 6.07) is 9.40. The molecule has 0 aromatic heterocycles. The predicted octanol–water partition coefficient (Wildman–Crippen LogP) is 8.25. The first-order valence-electron chi connectivity index (χ1n) is 13.2. The van der Waals surface area contributed by atoms with Gasteiger partial charge in [-0.05, 0) is 18.4 Å². The van der Waals surface area contributed by atoms with Gasteiger partial charge in [0.2, 0.25) is 0 Å². The number of ether oxygens (including phenoxy) is 1. The average molecular weight is 459 g/mol. The molecular weight excluding hydrogens is 412 g/mol. The average Bonchev–Trinajstić information content (AvgIpc) is 2.82.